The smallest absolute Gasteiger partial charge is 0.328 e. The first-order valence-corrected chi connectivity index (χ1v) is 8.89. The van der Waals surface area contributed by atoms with Gasteiger partial charge in [-0.1, -0.05) is 6.07 Å². The molecule has 0 radical (unpaired) electrons. The third kappa shape index (κ3) is 5.47. The minimum absolute atomic E-state index is 0.296. The number of carboxylic acid groups (broad SMARTS) is 1. The third-order valence-corrected chi connectivity index (χ3v) is 3.92. The molecule has 0 fully saturated rings. The number of aromatic nitrogens is 2. The lowest BCUT2D eigenvalue weighted by atomic mass is 10.1. The highest BCUT2D eigenvalue weighted by Crippen LogP contribution is 2.28. The summed E-state index contributed by atoms with van der Waals surface area (Å²) < 4.78 is 12.4. The van der Waals surface area contributed by atoms with E-state index in [9.17, 15) is 9.59 Å². The van der Waals surface area contributed by atoms with Crippen LogP contribution in [0.1, 0.15) is 42.7 Å². The van der Waals surface area contributed by atoms with Gasteiger partial charge in [0.15, 0.2) is 11.5 Å². The summed E-state index contributed by atoms with van der Waals surface area (Å²) in [4.78, 5) is 23.2. The van der Waals surface area contributed by atoms with Crippen molar-refractivity contribution in [2.75, 3.05) is 19.8 Å². The standard InChI is InChI=1S/C19H25N3O5/c1-4-26-16-7-6-14(10-17(16)27-5-2)8-9-20-18(23)15-11-21-22(12-15)13(3)19(24)25/h6-7,10-13H,4-5,8-9H2,1-3H3,(H,20,23)(H,24,25). The van der Waals surface area contributed by atoms with Crippen LogP contribution in [0, 0.1) is 0 Å². The highest BCUT2D eigenvalue weighted by Gasteiger charge is 2.16. The SMILES string of the molecule is CCOc1ccc(CCNC(=O)c2cnn(C(C)C(=O)O)c2)cc1OCC. The molecular weight excluding hydrogens is 350 g/mol. The summed E-state index contributed by atoms with van der Waals surface area (Å²) in [6, 6.07) is 4.88. The van der Waals surface area contributed by atoms with Gasteiger partial charge in [-0.3, -0.25) is 9.48 Å². The van der Waals surface area contributed by atoms with Crippen LogP contribution < -0.4 is 14.8 Å². The number of carboxylic acids is 1. The summed E-state index contributed by atoms with van der Waals surface area (Å²) in [5.74, 6) is 0.0830. The monoisotopic (exact) mass is 375 g/mol. The molecule has 8 heteroatoms. The van der Waals surface area contributed by atoms with Crippen LogP contribution in [0.15, 0.2) is 30.6 Å². The maximum absolute atomic E-state index is 12.2. The molecule has 2 aromatic rings. The van der Waals surface area contributed by atoms with Gasteiger partial charge in [-0.15, -0.1) is 0 Å². The number of hydrogen-bond acceptors (Lipinski definition) is 5. The van der Waals surface area contributed by atoms with Gasteiger partial charge in [-0.05, 0) is 44.9 Å². The van der Waals surface area contributed by atoms with Crippen molar-refractivity contribution < 1.29 is 24.2 Å². The van der Waals surface area contributed by atoms with Crippen LogP contribution in [0.5, 0.6) is 11.5 Å². The number of aliphatic carboxylic acids is 1. The van der Waals surface area contributed by atoms with E-state index in [1.54, 1.807) is 0 Å². The van der Waals surface area contributed by atoms with E-state index in [4.69, 9.17) is 14.6 Å². The molecule has 0 saturated heterocycles. The van der Waals surface area contributed by atoms with Gasteiger partial charge in [0.1, 0.15) is 6.04 Å². The maximum atomic E-state index is 12.2. The molecule has 1 aromatic carbocycles. The minimum atomic E-state index is -1.01. The van der Waals surface area contributed by atoms with Crippen LogP contribution in [0.25, 0.3) is 0 Å². The number of carbonyl (C=O) groups is 2. The van der Waals surface area contributed by atoms with Gasteiger partial charge in [0, 0.05) is 12.7 Å². The Bertz CT molecular complexity index is 787. The quantitative estimate of drug-likeness (QED) is 0.661. The van der Waals surface area contributed by atoms with E-state index in [0.717, 1.165) is 5.56 Å². The van der Waals surface area contributed by atoms with E-state index < -0.39 is 12.0 Å². The molecule has 27 heavy (non-hydrogen) atoms. The number of benzene rings is 1. The van der Waals surface area contributed by atoms with Crippen molar-refractivity contribution >= 4 is 11.9 Å². The number of hydrogen-bond donors (Lipinski definition) is 2. The minimum Gasteiger partial charge on any atom is -0.490 e. The molecule has 2 N–H and O–H groups in total. The molecule has 1 atom stereocenters. The van der Waals surface area contributed by atoms with Gasteiger partial charge in [0.05, 0.1) is 25.0 Å². The Hall–Kier alpha value is -3.03. The fraction of sp³-hybridized carbons (Fsp3) is 0.421. The van der Waals surface area contributed by atoms with Crippen molar-refractivity contribution in [2.45, 2.75) is 33.2 Å². The number of ether oxygens (including phenoxy) is 2. The fourth-order valence-corrected chi connectivity index (χ4v) is 2.45. The Morgan fingerprint density at radius 2 is 1.93 bits per heavy atom. The van der Waals surface area contributed by atoms with Crippen LogP contribution in [0.4, 0.5) is 0 Å². The second-order valence-electron chi connectivity index (χ2n) is 5.88. The van der Waals surface area contributed by atoms with Crippen LogP contribution in [-0.2, 0) is 11.2 Å². The summed E-state index contributed by atoms with van der Waals surface area (Å²) in [5.41, 5.74) is 1.34. The van der Waals surface area contributed by atoms with Crippen molar-refractivity contribution in [1.29, 1.82) is 0 Å². The molecule has 0 saturated carbocycles. The Labute approximate surface area is 158 Å². The molecule has 1 unspecified atom stereocenters. The summed E-state index contributed by atoms with van der Waals surface area (Å²) in [5, 5.41) is 15.7. The zero-order chi connectivity index (χ0) is 19.8. The molecule has 146 valence electrons. The van der Waals surface area contributed by atoms with Gasteiger partial charge < -0.3 is 19.9 Å². The van der Waals surface area contributed by atoms with Crippen molar-refractivity contribution in [1.82, 2.24) is 15.1 Å². The molecule has 0 aliphatic carbocycles. The lowest BCUT2D eigenvalue weighted by molar-refractivity contribution is -0.140. The molecular formula is C19H25N3O5. The number of rotatable bonds is 10. The molecule has 2 rings (SSSR count). The normalized spacial score (nSPS) is 11.7. The first-order chi connectivity index (χ1) is 13.0. The van der Waals surface area contributed by atoms with Gasteiger partial charge in [0.25, 0.3) is 5.91 Å². The van der Waals surface area contributed by atoms with E-state index in [2.05, 4.69) is 10.4 Å². The number of carbonyl (C=O) groups excluding carboxylic acids is 1. The predicted octanol–water partition coefficient (Wildman–Crippen LogP) is 2.30. The third-order valence-electron chi connectivity index (χ3n) is 3.92. The molecule has 8 nitrogen and oxygen atoms in total. The van der Waals surface area contributed by atoms with Crippen LogP contribution in [-0.4, -0.2) is 46.5 Å². The van der Waals surface area contributed by atoms with E-state index in [-0.39, 0.29) is 5.91 Å². The van der Waals surface area contributed by atoms with Crippen molar-refractivity contribution in [3.63, 3.8) is 0 Å². The lowest BCUT2D eigenvalue weighted by Crippen LogP contribution is -2.25. The summed E-state index contributed by atoms with van der Waals surface area (Å²) in [6.07, 6.45) is 3.41. The number of nitrogens with zero attached hydrogens (tertiary/aromatic N) is 2. The summed E-state index contributed by atoms with van der Waals surface area (Å²) in [6.45, 7) is 6.85. The highest BCUT2D eigenvalue weighted by molar-refractivity contribution is 5.93. The van der Waals surface area contributed by atoms with Gasteiger partial charge in [-0.2, -0.15) is 5.10 Å². The van der Waals surface area contributed by atoms with E-state index in [1.807, 2.05) is 32.0 Å². The molecule has 1 amide bonds. The second-order valence-corrected chi connectivity index (χ2v) is 5.88. The first-order valence-electron chi connectivity index (χ1n) is 8.89. The van der Waals surface area contributed by atoms with E-state index in [0.29, 0.717) is 43.2 Å². The zero-order valence-corrected chi connectivity index (χ0v) is 15.8. The fourth-order valence-electron chi connectivity index (χ4n) is 2.45. The topological polar surface area (TPSA) is 103 Å². The van der Waals surface area contributed by atoms with Crippen LogP contribution in [0.2, 0.25) is 0 Å². The average Bonchev–Trinajstić information content (AvgIpc) is 3.13. The molecule has 0 bridgehead atoms. The Balaban J connectivity index is 1.93. The maximum Gasteiger partial charge on any atom is 0.328 e. The zero-order valence-electron chi connectivity index (χ0n) is 15.8. The van der Waals surface area contributed by atoms with Crippen molar-refractivity contribution in [2.24, 2.45) is 0 Å². The van der Waals surface area contributed by atoms with E-state index >= 15 is 0 Å². The number of nitrogens with one attached hydrogen (secondary N) is 1. The average molecular weight is 375 g/mol. The Kier molecular flexibility index (Phi) is 7.22. The van der Waals surface area contributed by atoms with Crippen LogP contribution in [0.3, 0.4) is 0 Å². The largest absolute Gasteiger partial charge is 0.490 e. The van der Waals surface area contributed by atoms with Gasteiger partial charge >= 0.3 is 5.97 Å². The molecule has 0 aliphatic rings. The molecule has 0 spiro atoms. The lowest BCUT2D eigenvalue weighted by Gasteiger charge is -2.12. The van der Waals surface area contributed by atoms with Crippen molar-refractivity contribution in [3.8, 4) is 11.5 Å². The first kappa shape index (κ1) is 20.3. The van der Waals surface area contributed by atoms with E-state index in [1.165, 1.54) is 24.0 Å². The Morgan fingerprint density at radius 3 is 2.59 bits per heavy atom. The summed E-state index contributed by atoms with van der Waals surface area (Å²) in [7, 11) is 0. The molecule has 1 aromatic heterocycles. The van der Waals surface area contributed by atoms with Crippen molar-refractivity contribution in [3.05, 3.63) is 41.7 Å². The highest BCUT2D eigenvalue weighted by atomic mass is 16.5. The van der Waals surface area contributed by atoms with Crippen LogP contribution >= 0.6 is 0 Å². The molecule has 1 heterocycles. The number of amides is 1. The Morgan fingerprint density at radius 1 is 1.22 bits per heavy atom. The molecule has 0 aliphatic heterocycles. The van der Waals surface area contributed by atoms with Gasteiger partial charge in [0.2, 0.25) is 0 Å². The predicted molar refractivity (Wildman–Crippen MR) is 99.4 cm³/mol. The second kappa shape index (κ2) is 9.61. The van der Waals surface area contributed by atoms with Gasteiger partial charge in [-0.25, -0.2) is 4.79 Å². The summed E-state index contributed by atoms with van der Waals surface area (Å²) >= 11 is 0.